The molecule has 4 heterocycles. The summed E-state index contributed by atoms with van der Waals surface area (Å²) in [4.78, 5) is 23.5. The van der Waals surface area contributed by atoms with Crippen molar-refractivity contribution in [2.45, 2.75) is 31.6 Å². The predicted molar refractivity (Wildman–Crippen MR) is 131 cm³/mol. The molecule has 2 aliphatic rings. The summed E-state index contributed by atoms with van der Waals surface area (Å²) in [5.74, 6) is -0.341. The minimum absolute atomic E-state index is 0.0569. The number of fused-ring (bicyclic) bond motifs is 1. The van der Waals surface area contributed by atoms with E-state index in [1.807, 2.05) is 19.2 Å². The summed E-state index contributed by atoms with van der Waals surface area (Å²) in [6.45, 7) is 1.35. The number of halogens is 1. The molecule has 1 aromatic carbocycles. The number of ether oxygens (including phenoxy) is 1. The van der Waals surface area contributed by atoms with E-state index in [1.165, 1.54) is 18.2 Å². The lowest BCUT2D eigenvalue weighted by Crippen LogP contribution is -2.23. The Morgan fingerprint density at radius 3 is 2.92 bits per heavy atom. The summed E-state index contributed by atoms with van der Waals surface area (Å²) < 4.78 is 20.2. The van der Waals surface area contributed by atoms with Crippen molar-refractivity contribution in [3.63, 3.8) is 0 Å². The molecule has 0 bridgehead atoms. The first-order chi connectivity index (χ1) is 17.4. The third-order valence-corrected chi connectivity index (χ3v) is 6.43. The van der Waals surface area contributed by atoms with Gasteiger partial charge in [-0.2, -0.15) is 5.26 Å². The minimum Gasteiger partial charge on any atom is -0.391 e. The van der Waals surface area contributed by atoms with Crippen LogP contribution in [0.4, 0.5) is 21.6 Å². The molecule has 2 aromatic heterocycles. The average molecular weight is 489 g/mol. The second kappa shape index (κ2) is 9.89. The number of anilines is 3. The minimum atomic E-state index is -0.562. The first-order valence-corrected chi connectivity index (χ1v) is 11.7. The largest absolute Gasteiger partial charge is 0.391 e. The number of nitriles is 1. The normalized spacial score (nSPS) is 18.4. The number of carbonyl (C=O) groups excluding carboxylic acids is 1. The maximum atomic E-state index is 14.7. The van der Waals surface area contributed by atoms with E-state index in [0.717, 1.165) is 18.7 Å². The number of hydrogen-bond acceptors (Lipinski definition) is 8. The number of aliphatic hydroxyl groups excluding tert-OH is 1. The van der Waals surface area contributed by atoms with Crippen LogP contribution < -0.4 is 15.5 Å². The summed E-state index contributed by atoms with van der Waals surface area (Å²) in [5.41, 5.74) is 2.70. The second-order valence-electron chi connectivity index (χ2n) is 8.92. The fraction of sp³-hybridized carbons (Fsp3) is 0.308. The van der Waals surface area contributed by atoms with Crippen LogP contribution in [0.5, 0.6) is 0 Å². The van der Waals surface area contributed by atoms with E-state index < -0.39 is 5.82 Å². The van der Waals surface area contributed by atoms with Gasteiger partial charge in [0.05, 0.1) is 77.1 Å². The Labute approximate surface area is 207 Å². The van der Waals surface area contributed by atoms with Crippen LogP contribution in [0, 0.1) is 17.1 Å². The number of hydrogen-bond donors (Lipinski definition) is 3. The number of carbonyl (C=O) groups is 1. The molecular weight excluding hydrogens is 463 g/mol. The van der Waals surface area contributed by atoms with Gasteiger partial charge in [0.25, 0.3) is 5.91 Å². The Bertz CT molecular complexity index is 1340. The second-order valence-corrected chi connectivity index (χ2v) is 8.92. The van der Waals surface area contributed by atoms with Gasteiger partial charge in [-0.15, -0.1) is 0 Å². The molecule has 1 saturated heterocycles. The molecule has 0 saturated carbocycles. The summed E-state index contributed by atoms with van der Waals surface area (Å²) in [7, 11) is 1.96. The summed E-state index contributed by atoms with van der Waals surface area (Å²) in [6, 6.07) is 11.6. The summed E-state index contributed by atoms with van der Waals surface area (Å²) in [6.07, 6.45) is 2.86. The lowest BCUT2D eigenvalue weighted by Gasteiger charge is -2.21. The highest BCUT2D eigenvalue weighted by atomic mass is 19.1. The molecule has 1 fully saturated rings. The van der Waals surface area contributed by atoms with Crippen molar-refractivity contribution in [1.82, 2.24) is 15.3 Å². The fourth-order valence-corrected chi connectivity index (χ4v) is 4.51. The Balaban J connectivity index is 1.38. The van der Waals surface area contributed by atoms with Gasteiger partial charge in [-0.3, -0.25) is 4.79 Å². The van der Waals surface area contributed by atoms with Crippen molar-refractivity contribution in [1.29, 1.82) is 5.26 Å². The van der Waals surface area contributed by atoms with Crippen molar-refractivity contribution in [3.8, 4) is 17.3 Å². The number of pyridine rings is 2. The van der Waals surface area contributed by atoms with Crippen LogP contribution in [0.3, 0.4) is 0 Å². The highest BCUT2D eigenvalue weighted by molar-refractivity contribution is 6.04. The Hall–Kier alpha value is -4.07. The van der Waals surface area contributed by atoms with Crippen LogP contribution in [0.2, 0.25) is 0 Å². The first-order valence-electron chi connectivity index (χ1n) is 11.7. The number of nitrogens with zero attached hydrogens (tertiary/aromatic N) is 4. The predicted octanol–water partition coefficient (Wildman–Crippen LogP) is 3.12. The van der Waals surface area contributed by atoms with Gasteiger partial charge >= 0.3 is 0 Å². The van der Waals surface area contributed by atoms with Crippen LogP contribution in [0.25, 0.3) is 11.3 Å². The SMILES string of the molecule is CN(CC[C@@H]1CC(O)CO1)c1ccc(Nc2cc(-c3c(F)cccc3C#N)nc3c2C(=O)NC3)nc1. The van der Waals surface area contributed by atoms with Crippen LogP contribution >= 0.6 is 0 Å². The Kier molecular flexibility index (Phi) is 6.50. The molecule has 1 amide bonds. The Morgan fingerprint density at radius 2 is 2.19 bits per heavy atom. The molecule has 2 aliphatic heterocycles. The molecule has 3 aromatic rings. The van der Waals surface area contributed by atoms with Gasteiger partial charge in [-0.05, 0) is 36.8 Å². The third kappa shape index (κ3) is 4.71. The van der Waals surface area contributed by atoms with Gasteiger partial charge in [0.15, 0.2) is 0 Å². The number of aliphatic hydroxyl groups is 1. The molecule has 10 heteroatoms. The molecule has 1 unspecified atom stereocenters. The highest BCUT2D eigenvalue weighted by Gasteiger charge is 2.27. The van der Waals surface area contributed by atoms with Crippen LogP contribution in [-0.2, 0) is 11.3 Å². The maximum Gasteiger partial charge on any atom is 0.255 e. The number of amides is 1. The van der Waals surface area contributed by atoms with Gasteiger partial charge in [0, 0.05) is 20.0 Å². The smallest absolute Gasteiger partial charge is 0.255 e. The average Bonchev–Trinajstić information content (AvgIpc) is 3.47. The monoisotopic (exact) mass is 488 g/mol. The van der Waals surface area contributed by atoms with E-state index in [4.69, 9.17) is 4.74 Å². The summed E-state index contributed by atoms with van der Waals surface area (Å²) in [5, 5.41) is 25.0. The zero-order valence-electron chi connectivity index (χ0n) is 19.7. The van der Waals surface area contributed by atoms with Gasteiger partial charge < -0.3 is 25.4 Å². The highest BCUT2D eigenvalue weighted by Crippen LogP contribution is 2.33. The molecule has 36 heavy (non-hydrogen) atoms. The fourth-order valence-electron chi connectivity index (χ4n) is 4.51. The molecular formula is C26H25FN6O3. The lowest BCUT2D eigenvalue weighted by atomic mass is 10.0. The topological polar surface area (TPSA) is 123 Å². The lowest BCUT2D eigenvalue weighted by molar-refractivity contribution is 0.0855. The molecule has 0 spiro atoms. The van der Waals surface area contributed by atoms with E-state index >= 15 is 0 Å². The van der Waals surface area contributed by atoms with Gasteiger partial charge in [0.2, 0.25) is 0 Å². The standard InChI is InChI=1S/C26H25FN6O3/c1-33(8-7-18-9-17(34)14-36-18)16-5-6-23(29-12-16)32-21-10-20(31-22-13-30-26(35)25(21)22)24-15(11-28)3-2-4-19(24)27/h2-6,10,12,17-18,34H,7-9,13-14H2,1H3,(H,30,35)(H,29,31,32)/t17?,18-/m1/s1. The quantitative estimate of drug-likeness (QED) is 0.464. The van der Waals surface area contributed by atoms with Crippen LogP contribution in [0.15, 0.2) is 42.6 Å². The number of benzene rings is 1. The van der Waals surface area contributed by atoms with E-state index in [-0.39, 0.29) is 41.5 Å². The molecule has 0 aliphatic carbocycles. The van der Waals surface area contributed by atoms with Crippen LogP contribution in [0.1, 0.15) is 34.5 Å². The van der Waals surface area contributed by atoms with E-state index in [1.54, 1.807) is 18.3 Å². The van der Waals surface area contributed by atoms with Gasteiger partial charge in [-0.25, -0.2) is 14.4 Å². The van der Waals surface area contributed by atoms with Crippen molar-refractivity contribution < 1.29 is 19.0 Å². The number of nitrogens with one attached hydrogen (secondary N) is 2. The maximum absolute atomic E-state index is 14.7. The van der Waals surface area contributed by atoms with Gasteiger partial charge in [0.1, 0.15) is 11.6 Å². The first kappa shape index (κ1) is 23.7. The molecule has 5 rings (SSSR count). The Morgan fingerprint density at radius 1 is 1.33 bits per heavy atom. The molecule has 3 N–H and O–H groups in total. The van der Waals surface area contributed by atoms with E-state index in [2.05, 4.69) is 25.5 Å². The zero-order chi connectivity index (χ0) is 25.2. The van der Waals surface area contributed by atoms with Crippen molar-refractivity contribution in [3.05, 3.63) is 65.2 Å². The summed E-state index contributed by atoms with van der Waals surface area (Å²) >= 11 is 0. The number of aromatic nitrogens is 2. The molecule has 9 nitrogen and oxygen atoms in total. The van der Waals surface area contributed by atoms with Gasteiger partial charge in [-0.1, -0.05) is 6.07 Å². The molecule has 2 atom stereocenters. The van der Waals surface area contributed by atoms with Crippen molar-refractivity contribution >= 4 is 23.1 Å². The van der Waals surface area contributed by atoms with E-state index in [0.29, 0.717) is 35.8 Å². The van der Waals surface area contributed by atoms with Crippen molar-refractivity contribution in [2.24, 2.45) is 0 Å². The molecule has 184 valence electrons. The van der Waals surface area contributed by atoms with Crippen LogP contribution in [-0.4, -0.2) is 53.4 Å². The van der Waals surface area contributed by atoms with E-state index in [9.17, 15) is 19.6 Å². The van der Waals surface area contributed by atoms with Crippen molar-refractivity contribution in [2.75, 3.05) is 30.4 Å². The number of rotatable bonds is 7. The zero-order valence-corrected chi connectivity index (χ0v) is 19.7. The molecule has 0 radical (unpaired) electrons. The third-order valence-electron chi connectivity index (χ3n) is 6.43.